The van der Waals surface area contributed by atoms with Crippen molar-refractivity contribution in [2.75, 3.05) is 20.3 Å². The number of methoxy groups -OCH3 is 1. The van der Waals surface area contributed by atoms with Gasteiger partial charge in [0.1, 0.15) is 0 Å². The summed E-state index contributed by atoms with van der Waals surface area (Å²) in [4.78, 5) is 14.6. The summed E-state index contributed by atoms with van der Waals surface area (Å²) in [6.45, 7) is 4.38. The van der Waals surface area contributed by atoms with Gasteiger partial charge in [-0.25, -0.2) is 0 Å². The zero-order valence-corrected chi connectivity index (χ0v) is 13.3. The van der Waals surface area contributed by atoms with Crippen molar-refractivity contribution in [3.63, 3.8) is 0 Å². The number of hydrogen-bond acceptors (Lipinski definition) is 3. The van der Waals surface area contributed by atoms with Gasteiger partial charge in [0.2, 0.25) is 5.91 Å². The molecule has 0 bridgehead atoms. The molecule has 1 aromatic heterocycles. The molecule has 1 atom stereocenters. The van der Waals surface area contributed by atoms with Gasteiger partial charge in [0.25, 0.3) is 0 Å². The SMILES string of the molecule is COCCC[C@@H]1CCCCN1C(=O)CCn1cc(C)cn1. The Bertz CT molecular complexity index is 444. The van der Waals surface area contributed by atoms with Crippen molar-refractivity contribution >= 4 is 5.91 Å². The minimum absolute atomic E-state index is 0.269. The molecular weight excluding hydrogens is 266 g/mol. The van der Waals surface area contributed by atoms with E-state index in [1.807, 2.05) is 24.0 Å². The molecular formula is C16H27N3O2. The summed E-state index contributed by atoms with van der Waals surface area (Å²) in [6, 6.07) is 0.403. The summed E-state index contributed by atoms with van der Waals surface area (Å²) < 4.78 is 6.98. The first-order valence-corrected chi connectivity index (χ1v) is 7.98. The molecule has 1 aliphatic rings. The lowest BCUT2D eigenvalue weighted by molar-refractivity contribution is -0.135. The molecule has 0 N–H and O–H groups in total. The summed E-state index contributed by atoms with van der Waals surface area (Å²) in [5.41, 5.74) is 1.14. The molecule has 1 saturated heterocycles. The number of carbonyl (C=O) groups excluding carboxylic acids is 1. The minimum atomic E-state index is 0.269. The highest BCUT2D eigenvalue weighted by Crippen LogP contribution is 2.21. The largest absolute Gasteiger partial charge is 0.385 e. The number of aromatic nitrogens is 2. The molecule has 5 heteroatoms. The first kappa shape index (κ1) is 16.0. The van der Waals surface area contributed by atoms with E-state index in [9.17, 15) is 4.79 Å². The van der Waals surface area contributed by atoms with E-state index >= 15 is 0 Å². The number of nitrogens with zero attached hydrogens (tertiary/aromatic N) is 3. The fourth-order valence-corrected chi connectivity index (χ4v) is 3.04. The molecule has 5 nitrogen and oxygen atoms in total. The second kappa shape index (κ2) is 8.17. The van der Waals surface area contributed by atoms with Gasteiger partial charge >= 0.3 is 0 Å². The molecule has 0 spiro atoms. The van der Waals surface area contributed by atoms with E-state index in [0.717, 1.165) is 44.4 Å². The molecule has 1 aliphatic heterocycles. The smallest absolute Gasteiger partial charge is 0.224 e. The van der Waals surface area contributed by atoms with Crippen LogP contribution in [0.2, 0.25) is 0 Å². The van der Waals surface area contributed by atoms with Crippen LogP contribution >= 0.6 is 0 Å². The molecule has 0 aromatic carbocycles. The van der Waals surface area contributed by atoms with Crippen LogP contribution in [0, 0.1) is 6.92 Å². The number of piperidine rings is 1. The number of hydrogen-bond donors (Lipinski definition) is 0. The molecule has 21 heavy (non-hydrogen) atoms. The average molecular weight is 293 g/mol. The van der Waals surface area contributed by atoms with E-state index in [4.69, 9.17) is 4.74 Å². The topological polar surface area (TPSA) is 47.4 Å². The van der Waals surface area contributed by atoms with Gasteiger partial charge in [-0.3, -0.25) is 9.48 Å². The first-order valence-electron chi connectivity index (χ1n) is 7.98. The highest BCUT2D eigenvalue weighted by atomic mass is 16.5. The third kappa shape index (κ3) is 4.84. The van der Waals surface area contributed by atoms with E-state index < -0.39 is 0 Å². The maximum absolute atomic E-state index is 12.5. The maximum atomic E-state index is 12.5. The van der Waals surface area contributed by atoms with E-state index in [-0.39, 0.29) is 5.91 Å². The summed E-state index contributed by atoms with van der Waals surface area (Å²) in [7, 11) is 1.73. The normalized spacial score (nSPS) is 19.0. The Kier molecular flexibility index (Phi) is 6.23. The van der Waals surface area contributed by atoms with E-state index in [0.29, 0.717) is 19.0 Å². The van der Waals surface area contributed by atoms with E-state index in [2.05, 4.69) is 10.00 Å². The molecule has 1 aromatic rings. The quantitative estimate of drug-likeness (QED) is 0.725. The average Bonchev–Trinajstić information content (AvgIpc) is 2.91. The summed E-state index contributed by atoms with van der Waals surface area (Å²) in [5, 5.41) is 4.24. The number of carbonyl (C=O) groups is 1. The highest BCUT2D eigenvalue weighted by Gasteiger charge is 2.25. The van der Waals surface area contributed by atoms with Crippen molar-refractivity contribution in [1.29, 1.82) is 0 Å². The Morgan fingerprint density at radius 1 is 1.48 bits per heavy atom. The third-order valence-electron chi connectivity index (χ3n) is 4.15. The van der Waals surface area contributed by atoms with E-state index in [1.54, 1.807) is 7.11 Å². The molecule has 2 rings (SSSR count). The van der Waals surface area contributed by atoms with Crippen LogP contribution in [0.15, 0.2) is 12.4 Å². The van der Waals surface area contributed by atoms with Crippen molar-refractivity contribution in [3.05, 3.63) is 18.0 Å². The second-order valence-corrected chi connectivity index (χ2v) is 5.90. The van der Waals surface area contributed by atoms with Gasteiger partial charge in [0.15, 0.2) is 0 Å². The van der Waals surface area contributed by atoms with Crippen molar-refractivity contribution < 1.29 is 9.53 Å². The Labute approximate surface area is 127 Å². The predicted molar refractivity (Wildman–Crippen MR) is 82.0 cm³/mol. The third-order valence-corrected chi connectivity index (χ3v) is 4.15. The van der Waals surface area contributed by atoms with Gasteiger partial charge in [0, 0.05) is 45.5 Å². The lowest BCUT2D eigenvalue weighted by atomic mass is 9.97. The number of rotatable bonds is 7. The molecule has 118 valence electrons. The van der Waals surface area contributed by atoms with Crippen LogP contribution in [0.5, 0.6) is 0 Å². The van der Waals surface area contributed by atoms with Crippen LogP contribution < -0.4 is 0 Å². The van der Waals surface area contributed by atoms with Crippen molar-refractivity contribution in [3.8, 4) is 0 Å². The summed E-state index contributed by atoms with van der Waals surface area (Å²) in [5.74, 6) is 0.269. The van der Waals surface area contributed by atoms with E-state index in [1.165, 1.54) is 6.42 Å². The fraction of sp³-hybridized carbons (Fsp3) is 0.750. The Hall–Kier alpha value is -1.36. The summed E-state index contributed by atoms with van der Waals surface area (Å²) in [6.07, 6.45) is 9.95. The number of ether oxygens (including phenoxy) is 1. The highest BCUT2D eigenvalue weighted by molar-refractivity contribution is 5.76. The first-order chi connectivity index (χ1) is 10.2. The molecule has 2 heterocycles. The van der Waals surface area contributed by atoms with Crippen LogP contribution in [-0.4, -0.2) is 46.9 Å². The van der Waals surface area contributed by atoms with Crippen molar-refractivity contribution in [2.45, 2.75) is 58.0 Å². The van der Waals surface area contributed by atoms with Gasteiger partial charge in [0.05, 0.1) is 6.20 Å². The molecule has 0 unspecified atom stereocenters. The van der Waals surface area contributed by atoms with Gasteiger partial charge in [-0.05, 0) is 44.6 Å². The molecule has 0 radical (unpaired) electrons. The maximum Gasteiger partial charge on any atom is 0.224 e. The zero-order chi connectivity index (χ0) is 15.1. The van der Waals surface area contributed by atoms with Crippen LogP contribution in [0.3, 0.4) is 0 Å². The zero-order valence-electron chi connectivity index (χ0n) is 13.3. The fourth-order valence-electron chi connectivity index (χ4n) is 3.04. The number of likely N-dealkylation sites (tertiary alicyclic amines) is 1. The number of aryl methyl sites for hydroxylation is 2. The van der Waals surface area contributed by atoms with Crippen molar-refractivity contribution in [1.82, 2.24) is 14.7 Å². The Morgan fingerprint density at radius 2 is 2.33 bits per heavy atom. The Morgan fingerprint density at radius 3 is 3.05 bits per heavy atom. The number of amides is 1. The van der Waals surface area contributed by atoms with Crippen LogP contribution in [-0.2, 0) is 16.1 Å². The molecule has 1 fully saturated rings. The minimum Gasteiger partial charge on any atom is -0.385 e. The molecule has 0 aliphatic carbocycles. The Balaban J connectivity index is 1.82. The lowest BCUT2D eigenvalue weighted by Crippen LogP contribution is -2.44. The van der Waals surface area contributed by atoms with Gasteiger partial charge in [-0.1, -0.05) is 0 Å². The monoisotopic (exact) mass is 293 g/mol. The van der Waals surface area contributed by atoms with Crippen LogP contribution in [0.1, 0.15) is 44.1 Å². The standard InChI is InChI=1S/C16H27N3O2/c1-14-12-17-18(13-14)10-8-16(20)19-9-4-3-6-15(19)7-5-11-21-2/h12-13,15H,3-11H2,1-2H3/t15-/m0/s1. The van der Waals surface area contributed by atoms with Gasteiger partial charge in [-0.2, -0.15) is 5.10 Å². The summed E-state index contributed by atoms with van der Waals surface area (Å²) >= 11 is 0. The lowest BCUT2D eigenvalue weighted by Gasteiger charge is -2.36. The molecule has 1 amide bonds. The van der Waals surface area contributed by atoms with Gasteiger partial charge in [-0.15, -0.1) is 0 Å². The predicted octanol–water partition coefficient (Wildman–Crippen LogP) is 2.39. The van der Waals surface area contributed by atoms with Crippen molar-refractivity contribution in [2.24, 2.45) is 0 Å². The second-order valence-electron chi connectivity index (χ2n) is 5.90. The van der Waals surface area contributed by atoms with Crippen LogP contribution in [0.25, 0.3) is 0 Å². The van der Waals surface area contributed by atoms with Gasteiger partial charge < -0.3 is 9.64 Å². The van der Waals surface area contributed by atoms with Crippen LogP contribution in [0.4, 0.5) is 0 Å². The molecule has 0 saturated carbocycles.